The Morgan fingerprint density at radius 1 is 1.41 bits per heavy atom. The van der Waals surface area contributed by atoms with Crippen LogP contribution in [-0.2, 0) is 6.42 Å². The topological polar surface area (TPSA) is 47.1 Å². The van der Waals surface area contributed by atoms with Crippen LogP contribution in [0.4, 0.5) is 0 Å². The van der Waals surface area contributed by atoms with Gasteiger partial charge in [0.05, 0.1) is 11.7 Å². The molecule has 17 heavy (non-hydrogen) atoms. The second kappa shape index (κ2) is 5.19. The first-order valence-corrected chi connectivity index (χ1v) is 6.56. The molecule has 1 atom stereocenters. The van der Waals surface area contributed by atoms with Crippen LogP contribution >= 0.6 is 0 Å². The van der Waals surface area contributed by atoms with Gasteiger partial charge >= 0.3 is 0 Å². The maximum atomic E-state index is 5.66. The standard InChI is InChI=1S/C13H24N4/c1-10-13(6-7-14)11(2)17(15-10)12-5-4-8-16(3)9-12/h12H,4-9,14H2,1-3H3. The molecule has 0 aromatic carbocycles. The summed E-state index contributed by atoms with van der Waals surface area (Å²) in [6.45, 7) is 7.31. The van der Waals surface area contributed by atoms with Crippen LogP contribution in [0, 0.1) is 13.8 Å². The molecule has 1 saturated heterocycles. The molecule has 0 radical (unpaired) electrons. The average Bonchev–Trinajstić information content (AvgIpc) is 2.57. The first kappa shape index (κ1) is 12.6. The molecular weight excluding hydrogens is 212 g/mol. The number of nitrogens with zero attached hydrogens (tertiary/aromatic N) is 3. The Hall–Kier alpha value is -0.870. The van der Waals surface area contributed by atoms with Crippen LogP contribution in [0.15, 0.2) is 0 Å². The summed E-state index contributed by atoms with van der Waals surface area (Å²) in [5.74, 6) is 0. The van der Waals surface area contributed by atoms with Crippen molar-refractivity contribution in [2.45, 2.75) is 39.2 Å². The van der Waals surface area contributed by atoms with E-state index in [0.717, 1.165) is 18.7 Å². The highest BCUT2D eigenvalue weighted by atomic mass is 15.3. The van der Waals surface area contributed by atoms with Crippen molar-refractivity contribution in [2.24, 2.45) is 5.73 Å². The van der Waals surface area contributed by atoms with E-state index in [9.17, 15) is 0 Å². The second-order valence-electron chi connectivity index (χ2n) is 5.19. The van der Waals surface area contributed by atoms with Gasteiger partial charge in [0.1, 0.15) is 0 Å². The fourth-order valence-corrected chi connectivity index (χ4v) is 2.90. The minimum absolute atomic E-state index is 0.541. The number of aromatic nitrogens is 2. The van der Waals surface area contributed by atoms with Gasteiger partial charge in [-0.1, -0.05) is 0 Å². The Kier molecular flexibility index (Phi) is 3.84. The first-order valence-electron chi connectivity index (χ1n) is 6.56. The normalized spacial score (nSPS) is 22.0. The van der Waals surface area contributed by atoms with Crippen LogP contribution < -0.4 is 5.73 Å². The van der Waals surface area contributed by atoms with E-state index < -0.39 is 0 Å². The minimum atomic E-state index is 0.541. The SMILES string of the molecule is Cc1nn(C2CCCN(C)C2)c(C)c1CCN. The van der Waals surface area contributed by atoms with Crippen molar-refractivity contribution in [2.75, 3.05) is 26.7 Å². The smallest absolute Gasteiger partial charge is 0.0649 e. The van der Waals surface area contributed by atoms with Crippen molar-refractivity contribution in [1.29, 1.82) is 0 Å². The molecule has 96 valence electrons. The molecule has 4 nitrogen and oxygen atoms in total. The third-order valence-corrected chi connectivity index (χ3v) is 3.81. The minimum Gasteiger partial charge on any atom is -0.330 e. The summed E-state index contributed by atoms with van der Waals surface area (Å²) >= 11 is 0. The van der Waals surface area contributed by atoms with Gasteiger partial charge in [0.15, 0.2) is 0 Å². The zero-order valence-corrected chi connectivity index (χ0v) is 11.2. The molecule has 2 rings (SSSR count). The summed E-state index contributed by atoms with van der Waals surface area (Å²) in [5.41, 5.74) is 9.48. The predicted molar refractivity (Wildman–Crippen MR) is 70.2 cm³/mol. The zero-order valence-electron chi connectivity index (χ0n) is 11.2. The Bertz CT molecular complexity index is 383. The van der Waals surface area contributed by atoms with Crippen molar-refractivity contribution in [1.82, 2.24) is 14.7 Å². The van der Waals surface area contributed by atoms with E-state index in [-0.39, 0.29) is 0 Å². The number of piperidine rings is 1. The molecule has 1 aromatic heterocycles. The number of hydrogen-bond donors (Lipinski definition) is 1. The van der Waals surface area contributed by atoms with Crippen LogP contribution in [0.25, 0.3) is 0 Å². The van der Waals surface area contributed by atoms with Gasteiger partial charge in [-0.3, -0.25) is 4.68 Å². The van der Waals surface area contributed by atoms with E-state index in [2.05, 4.69) is 30.5 Å². The summed E-state index contributed by atoms with van der Waals surface area (Å²) in [6, 6.07) is 0.541. The fourth-order valence-electron chi connectivity index (χ4n) is 2.90. The van der Waals surface area contributed by atoms with Gasteiger partial charge < -0.3 is 10.6 Å². The molecule has 2 N–H and O–H groups in total. The van der Waals surface area contributed by atoms with Crippen LogP contribution in [-0.4, -0.2) is 41.4 Å². The van der Waals surface area contributed by atoms with Crippen LogP contribution in [0.1, 0.15) is 35.8 Å². The van der Waals surface area contributed by atoms with E-state index in [4.69, 9.17) is 10.8 Å². The molecule has 0 spiro atoms. The van der Waals surface area contributed by atoms with E-state index >= 15 is 0 Å². The lowest BCUT2D eigenvalue weighted by molar-refractivity contribution is 0.200. The lowest BCUT2D eigenvalue weighted by Gasteiger charge is -2.30. The van der Waals surface area contributed by atoms with E-state index in [1.807, 2.05) is 0 Å². The highest BCUT2D eigenvalue weighted by Gasteiger charge is 2.22. The van der Waals surface area contributed by atoms with Crippen LogP contribution in [0.3, 0.4) is 0 Å². The average molecular weight is 236 g/mol. The Morgan fingerprint density at radius 2 is 2.18 bits per heavy atom. The molecule has 1 aliphatic rings. The summed E-state index contributed by atoms with van der Waals surface area (Å²) < 4.78 is 2.23. The molecule has 1 aromatic rings. The Morgan fingerprint density at radius 3 is 2.82 bits per heavy atom. The summed E-state index contributed by atoms with van der Waals surface area (Å²) in [6.07, 6.45) is 3.46. The van der Waals surface area contributed by atoms with Gasteiger partial charge in [-0.25, -0.2) is 0 Å². The largest absolute Gasteiger partial charge is 0.330 e. The number of rotatable bonds is 3. The third kappa shape index (κ3) is 2.53. The van der Waals surface area contributed by atoms with Gasteiger partial charge in [-0.15, -0.1) is 0 Å². The number of nitrogens with two attached hydrogens (primary N) is 1. The van der Waals surface area contributed by atoms with Crippen molar-refractivity contribution < 1.29 is 0 Å². The molecule has 1 unspecified atom stereocenters. The highest BCUT2D eigenvalue weighted by Crippen LogP contribution is 2.24. The first-order chi connectivity index (χ1) is 8.13. The highest BCUT2D eigenvalue weighted by molar-refractivity contribution is 5.25. The maximum absolute atomic E-state index is 5.66. The molecule has 4 heteroatoms. The summed E-state index contributed by atoms with van der Waals surface area (Å²) in [4.78, 5) is 2.40. The van der Waals surface area contributed by atoms with Gasteiger partial charge in [0.25, 0.3) is 0 Å². The quantitative estimate of drug-likeness (QED) is 0.859. The molecular formula is C13H24N4. The lowest BCUT2D eigenvalue weighted by Crippen LogP contribution is -2.34. The maximum Gasteiger partial charge on any atom is 0.0649 e. The van der Waals surface area contributed by atoms with E-state index in [1.165, 1.54) is 30.6 Å². The second-order valence-corrected chi connectivity index (χ2v) is 5.19. The molecule has 0 bridgehead atoms. The van der Waals surface area contributed by atoms with E-state index in [0.29, 0.717) is 12.6 Å². The van der Waals surface area contributed by atoms with Gasteiger partial charge in [0.2, 0.25) is 0 Å². The molecule has 1 aliphatic heterocycles. The fraction of sp³-hybridized carbons (Fsp3) is 0.769. The van der Waals surface area contributed by atoms with Gasteiger partial charge in [0, 0.05) is 12.2 Å². The molecule has 1 fully saturated rings. The summed E-state index contributed by atoms with van der Waals surface area (Å²) in [7, 11) is 2.19. The van der Waals surface area contributed by atoms with Crippen LogP contribution in [0.5, 0.6) is 0 Å². The monoisotopic (exact) mass is 236 g/mol. The van der Waals surface area contributed by atoms with E-state index in [1.54, 1.807) is 0 Å². The summed E-state index contributed by atoms with van der Waals surface area (Å²) in [5, 5.41) is 4.72. The van der Waals surface area contributed by atoms with Crippen molar-refractivity contribution in [3.63, 3.8) is 0 Å². The van der Waals surface area contributed by atoms with Crippen molar-refractivity contribution >= 4 is 0 Å². The number of likely N-dealkylation sites (N-methyl/N-ethyl adjacent to an activating group) is 1. The predicted octanol–water partition coefficient (Wildman–Crippen LogP) is 1.27. The van der Waals surface area contributed by atoms with Crippen molar-refractivity contribution in [3.05, 3.63) is 17.0 Å². The van der Waals surface area contributed by atoms with Crippen molar-refractivity contribution in [3.8, 4) is 0 Å². The molecule has 0 amide bonds. The molecule has 0 aliphatic carbocycles. The molecule has 2 heterocycles. The third-order valence-electron chi connectivity index (χ3n) is 3.81. The number of likely N-dealkylation sites (tertiary alicyclic amines) is 1. The van der Waals surface area contributed by atoms with Gasteiger partial charge in [-0.05, 0) is 58.8 Å². The Labute approximate surface area is 104 Å². The Balaban J connectivity index is 2.23. The molecule has 0 saturated carbocycles. The van der Waals surface area contributed by atoms with Gasteiger partial charge in [-0.2, -0.15) is 5.10 Å². The van der Waals surface area contributed by atoms with Crippen LogP contribution in [0.2, 0.25) is 0 Å². The lowest BCUT2D eigenvalue weighted by atomic mass is 10.1. The number of hydrogen-bond acceptors (Lipinski definition) is 3. The number of aryl methyl sites for hydroxylation is 1. The zero-order chi connectivity index (χ0) is 12.4.